The Morgan fingerprint density at radius 3 is 2.40 bits per heavy atom. The second-order valence-electron chi connectivity index (χ2n) is 9.74. The van der Waals surface area contributed by atoms with E-state index in [0.717, 1.165) is 61.6 Å². The molecule has 40 heavy (non-hydrogen) atoms. The number of rotatable bonds is 8. The summed E-state index contributed by atoms with van der Waals surface area (Å²) in [7, 11) is 0. The molecule has 6 heteroatoms. The molecule has 0 N–H and O–H groups in total. The zero-order chi connectivity index (χ0) is 27.6. The van der Waals surface area contributed by atoms with Gasteiger partial charge < -0.3 is 13.8 Å². The van der Waals surface area contributed by atoms with Gasteiger partial charge in [-0.25, -0.2) is 0 Å². The van der Waals surface area contributed by atoms with Crippen LogP contribution in [0.3, 0.4) is 0 Å². The first-order valence-electron chi connectivity index (χ1n) is 13.4. The molecule has 6 nitrogen and oxygen atoms in total. The molecule has 0 amide bonds. The smallest absolute Gasteiger partial charge is 0.141 e. The summed E-state index contributed by atoms with van der Waals surface area (Å²) in [4.78, 5) is 9.80. The van der Waals surface area contributed by atoms with Gasteiger partial charge in [-0.2, -0.15) is 0 Å². The second-order valence-corrected chi connectivity index (χ2v) is 9.74. The van der Waals surface area contributed by atoms with Crippen LogP contribution in [0.2, 0.25) is 0 Å². The highest BCUT2D eigenvalue weighted by Gasteiger charge is 2.24. The molecular formula is C34H30N4O2. The standard InChI is InChI=1S/C34H30N4O2/c1-5-39-23(3)25-14-16-26(17-15-25)29-21-38(34(27-11-7-6-8-12-27)30-13-9-10-18-35-30)31-19-28(20-36-33(29)31)32-22(2)37-40-24(32)4/h6-21,34H,3,5H2,1-2,4H3/t34-/m1/s1. The van der Waals surface area contributed by atoms with Gasteiger partial charge in [0.2, 0.25) is 0 Å². The van der Waals surface area contributed by atoms with E-state index >= 15 is 0 Å². The van der Waals surface area contributed by atoms with E-state index in [0.29, 0.717) is 12.4 Å². The Kier molecular flexibility index (Phi) is 6.74. The highest BCUT2D eigenvalue weighted by Crippen LogP contribution is 2.38. The summed E-state index contributed by atoms with van der Waals surface area (Å²) >= 11 is 0. The van der Waals surface area contributed by atoms with Crippen LogP contribution in [0.4, 0.5) is 0 Å². The molecule has 1 atom stereocenters. The SMILES string of the molecule is C=C(OCC)c1ccc(-c2cn([C@H](c3ccccc3)c3ccccn3)c3cc(-c4c(C)noc4C)cnc23)cc1. The van der Waals surface area contributed by atoms with Crippen LogP contribution in [0.5, 0.6) is 0 Å². The van der Waals surface area contributed by atoms with Gasteiger partial charge in [0.05, 0.1) is 29.0 Å². The van der Waals surface area contributed by atoms with E-state index in [4.69, 9.17) is 19.2 Å². The minimum atomic E-state index is -0.155. The fraction of sp³-hybridized carbons (Fsp3) is 0.147. The number of pyridine rings is 2. The van der Waals surface area contributed by atoms with Gasteiger partial charge in [0.15, 0.2) is 0 Å². The topological polar surface area (TPSA) is 66.0 Å². The number of aryl methyl sites for hydroxylation is 2. The Balaban J connectivity index is 1.59. The lowest BCUT2D eigenvalue weighted by Gasteiger charge is -2.20. The number of benzene rings is 2. The summed E-state index contributed by atoms with van der Waals surface area (Å²) in [5, 5.41) is 4.18. The average Bonchev–Trinajstić information content (AvgIpc) is 3.53. The van der Waals surface area contributed by atoms with Crippen molar-refractivity contribution in [3.8, 4) is 22.3 Å². The predicted octanol–water partition coefficient (Wildman–Crippen LogP) is 8.02. The van der Waals surface area contributed by atoms with E-state index in [1.54, 1.807) is 0 Å². The summed E-state index contributed by atoms with van der Waals surface area (Å²) in [6.45, 7) is 10.5. The van der Waals surface area contributed by atoms with Gasteiger partial charge in [0.25, 0.3) is 0 Å². The average molecular weight is 527 g/mol. The lowest BCUT2D eigenvalue weighted by atomic mass is 10.0. The van der Waals surface area contributed by atoms with Gasteiger partial charge in [0.1, 0.15) is 17.6 Å². The summed E-state index contributed by atoms with van der Waals surface area (Å²) in [6, 6.07) is 26.8. The van der Waals surface area contributed by atoms with E-state index < -0.39 is 0 Å². The fourth-order valence-corrected chi connectivity index (χ4v) is 5.32. The first kappa shape index (κ1) is 25.3. The minimum absolute atomic E-state index is 0.155. The van der Waals surface area contributed by atoms with Crippen molar-refractivity contribution in [1.29, 1.82) is 0 Å². The Hall–Kier alpha value is -4.97. The molecule has 0 fully saturated rings. The summed E-state index contributed by atoms with van der Waals surface area (Å²) in [6.07, 6.45) is 5.94. The van der Waals surface area contributed by atoms with Gasteiger partial charge in [-0.1, -0.05) is 72.4 Å². The molecule has 0 aliphatic heterocycles. The van der Waals surface area contributed by atoms with E-state index in [2.05, 4.69) is 71.0 Å². The van der Waals surface area contributed by atoms with Crippen molar-refractivity contribution in [2.75, 3.05) is 6.61 Å². The van der Waals surface area contributed by atoms with Crippen molar-refractivity contribution in [3.63, 3.8) is 0 Å². The molecule has 0 aliphatic carbocycles. The van der Waals surface area contributed by atoms with Gasteiger partial charge in [-0.3, -0.25) is 9.97 Å². The first-order chi connectivity index (χ1) is 19.5. The number of fused-ring (bicyclic) bond motifs is 1. The van der Waals surface area contributed by atoms with Crippen LogP contribution in [0.25, 0.3) is 39.0 Å². The Morgan fingerprint density at radius 1 is 0.950 bits per heavy atom. The molecule has 6 rings (SSSR count). The number of aromatic nitrogens is 4. The molecule has 198 valence electrons. The van der Waals surface area contributed by atoms with Crippen molar-refractivity contribution in [2.45, 2.75) is 26.8 Å². The molecule has 0 spiro atoms. The molecule has 4 heterocycles. The quantitative estimate of drug-likeness (QED) is 0.188. The van der Waals surface area contributed by atoms with Crippen molar-refractivity contribution >= 4 is 16.8 Å². The number of hydrogen-bond donors (Lipinski definition) is 0. The zero-order valence-electron chi connectivity index (χ0n) is 22.8. The van der Waals surface area contributed by atoms with E-state index in [-0.39, 0.29) is 6.04 Å². The van der Waals surface area contributed by atoms with Crippen LogP contribution in [-0.4, -0.2) is 26.3 Å². The third kappa shape index (κ3) is 4.58. The van der Waals surface area contributed by atoms with Crippen LogP contribution >= 0.6 is 0 Å². The molecule has 2 aromatic carbocycles. The third-order valence-electron chi connectivity index (χ3n) is 7.19. The Bertz CT molecular complexity index is 1730. The van der Waals surface area contributed by atoms with Crippen LogP contribution in [-0.2, 0) is 4.74 Å². The molecule has 4 aromatic heterocycles. The summed E-state index contributed by atoms with van der Waals surface area (Å²) in [5.41, 5.74) is 9.80. The molecule has 0 saturated heterocycles. The van der Waals surface area contributed by atoms with Gasteiger partial charge in [-0.15, -0.1) is 0 Å². The Labute approximate surface area is 233 Å². The van der Waals surface area contributed by atoms with Crippen LogP contribution in [0.15, 0.2) is 109 Å². The van der Waals surface area contributed by atoms with Gasteiger partial charge in [0, 0.05) is 40.8 Å². The number of hydrogen-bond acceptors (Lipinski definition) is 5. The van der Waals surface area contributed by atoms with E-state index in [1.165, 1.54) is 0 Å². The highest BCUT2D eigenvalue weighted by atomic mass is 16.5. The maximum Gasteiger partial charge on any atom is 0.141 e. The molecule has 0 aliphatic rings. The van der Waals surface area contributed by atoms with E-state index in [9.17, 15) is 0 Å². The molecule has 6 aromatic rings. The molecule has 0 radical (unpaired) electrons. The Morgan fingerprint density at radius 2 is 1.73 bits per heavy atom. The second kappa shape index (κ2) is 10.7. The third-order valence-corrected chi connectivity index (χ3v) is 7.19. The maximum atomic E-state index is 5.61. The van der Waals surface area contributed by atoms with Crippen molar-refractivity contribution in [3.05, 3.63) is 132 Å². The van der Waals surface area contributed by atoms with Crippen molar-refractivity contribution < 1.29 is 9.26 Å². The van der Waals surface area contributed by atoms with E-state index in [1.807, 2.05) is 63.5 Å². The van der Waals surface area contributed by atoms with Gasteiger partial charge in [-0.05, 0) is 50.1 Å². The lowest BCUT2D eigenvalue weighted by Crippen LogP contribution is -2.13. The van der Waals surface area contributed by atoms with Crippen LogP contribution in [0, 0.1) is 13.8 Å². The molecule has 0 saturated carbocycles. The van der Waals surface area contributed by atoms with Crippen molar-refractivity contribution in [2.24, 2.45) is 0 Å². The molecular weight excluding hydrogens is 496 g/mol. The number of ether oxygens (including phenoxy) is 1. The molecule has 0 unspecified atom stereocenters. The maximum absolute atomic E-state index is 5.61. The minimum Gasteiger partial charge on any atom is -0.494 e. The summed E-state index contributed by atoms with van der Waals surface area (Å²) < 4.78 is 13.4. The zero-order valence-corrected chi connectivity index (χ0v) is 22.8. The summed E-state index contributed by atoms with van der Waals surface area (Å²) in [5.74, 6) is 1.43. The largest absolute Gasteiger partial charge is 0.494 e. The van der Waals surface area contributed by atoms with Gasteiger partial charge >= 0.3 is 0 Å². The molecule has 0 bridgehead atoms. The monoisotopic (exact) mass is 526 g/mol. The normalized spacial score (nSPS) is 12.0. The van der Waals surface area contributed by atoms with Crippen LogP contribution < -0.4 is 0 Å². The van der Waals surface area contributed by atoms with Crippen molar-refractivity contribution in [1.82, 2.24) is 19.7 Å². The number of nitrogens with zero attached hydrogens (tertiary/aromatic N) is 4. The first-order valence-corrected chi connectivity index (χ1v) is 13.4. The predicted molar refractivity (Wildman–Crippen MR) is 159 cm³/mol. The fourth-order valence-electron chi connectivity index (χ4n) is 5.32. The lowest BCUT2D eigenvalue weighted by molar-refractivity contribution is 0.299. The van der Waals surface area contributed by atoms with Crippen LogP contribution in [0.1, 0.15) is 41.2 Å². The highest BCUT2D eigenvalue weighted by molar-refractivity contribution is 5.95.